The van der Waals surface area contributed by atoms with Crippen molar-refractivity contribution in [3.63, 3.8) is 0 Å². The maximum Gasteiger partial charge on any atom is 0.317 e. The normalized spacial score (nSPS) is 17.7. The van der Waals surface area contributed by atoms with Crippen LogP contribution in [0.2, 0.25) is 0 Å². The third-order valence-corrected chi connectivity index (χ3v) is 7.02. The van der Waals surface area contributed by atoms with Gasteiger partial charge in [-0.25, -0.2) is 4.79 Å². The number of ether oxygens (including phenoxy) is 1. The number of thiophene rings is 1. The van der Waals surface area contributed by atoms with Crippen molar-refractivity contribution in [1.82, 2.24) is 15.1 Å². The number of hydrogen-bond donors (Lipinski definition) is 1. The van der Waals surface area contributed by atoms with Gasteiger partial charge in [-0.15, -0.1) is 11.3 Å². The quantitative estimate of drug-likeness (QED) is 0.674. The zero-order valence-corrected chi connectivity index (χ0v) is 19.1. The first-order valence-corrected chi connectivity index (χ1v) is 12.0. The number of carbonyl (C=O) groups excluding carboxylic acids is 2. The van der Waals surface area contributed by atoms with Crippen molar-refractivity contribution in [2.24, 2.45) is 5.92 Å². The molecule has 0 radical (unpaired) electrons. The van der Waals surface area contributed by atoms with Crippen molar-refractivity contribution in [3.05, 3.63) is 51.7 Å². The summed E-state index contributed by atoms with van der Waals surface area (Å²) in [5.74, 6) is 1.36. The Morgan fingerprint density at radius 1 is 1.26 bits per heavy atom. The largest absolute Gasteiger partial charge is 0.491 e. The van der Waals surface area contributed by atoms with Crippen LogP contribution in [0.4, 0.5) is 4.79 Å². The van der Waals surface area contributed by atoms with Gasteiger partial charge in [-0.1, -0.05) is 18.2 Å². The van der Waals surface area contributed by atoms with Gasteiger partial charge < -0.3 is 19.9 Å². The SMILES string of the molecule is CCNC(=O)N(CC(=O)N1CCc2sccc2[C@H]1COc1ccccc1C)CC1CC1. The Hall–Kier alpha value is -2.54. The minimum atomic E-state index is -0.149. The molecule has 2 heterocycles. The second-order valence-corrected chi connectivity index (χ2v) is 9.39. The van der Waals surface area contributed by atoms with E-state index in [4.69, 9.17) is 4.74 Å². The molecule has 0 bridgehead atoms. The van der Waals surface area contributed by atoms with E-state index in [1.54, 1.807) is 16.2 Å². The second kappa shape index (κ2) is 9.73. The van der Waals surface area contributed by atoms with E-state index in [1.807, 2.05) is 43.0 Å². The molecule has 0 spiro atoms. The maximum absolute atomic E-state index is 13.4. The van der Waals surface area contributed by atoms with Crippen molar-refractivity contribution < 1.29 is 14.3 Å². The van der Waals surface area contributed by atoms with Crippen LogP contribution in [0.1, 0.15) is 41.8 Å². The molecular formula is C24H31N3O3S. The van der Waals surface area contributed by atoms with Crippen molar-refractivity contribution in [3.8, 4) is 5.75 Å². The molecule has 3 amide bonds. The van der Waals surface area contributed by atoms with Crippen molar-refractivity contribution in [1.29, 1.82) is 0 Å². The number of carbonyl (C=O) groups is 2. The lowest BCUT2D eigenvalue weighted by Crippen LogP contribution is -2.50. The summed E-state index contributed by atoms with van der Waals surface area (Å²) in [7, 11) is 0. The molecule has 0 saturated heterocycles. The van der Waals surface area contributed by atoms with Crippen molar-refractivity contribution >= 4 is 23.3 Å². The average molecular weight is 442 g/mol. The van der Waals surface area contributed by atoms with Crippen LogP contribution in [0.15, 0.2) is 35.7 Å². The predicted octanol–water partition coefficient (Wildman–Crippen LogP) is 4.00. The number of rotatable bonds is 8. The van der Waals surface area contributed by atoms with Gasteiger partial charge >= 0.3 is 6.03 Å². The van der Waals surface area contributed by atoms with Crippen LogP contribution in [0.3, 0.4) is 0 Å². The molecule has 7 heteroatoms. The van der Waals surface area contributed by atoms with Gasteiger partial charge in [-0.05, 0) is 67.7 Å². The zero-order valence-electron chi connectivity index (χ0n) is 18.3. The van der Waals surface area contributed by atoms with E-state index in [0.29, 0.717) is 32.2 Å². The topological polar surface area (TPSA) is 61.9 Å². The van der Waals surface area contributed by atoms with Gasteiger partial charge in [0, 0.05) is 24.5 Å². The molecule has 1 aliphatic carbocycles. The molecule has 31 heavy (non-hydrogen) atoms. The van der Waals surface area contributed by atoms with Crippen LogP contribution in [0.5, 0.6) is 5.75 Å². The molecule has 166 valence electrons. The summed E-state index contributed by atoms with van der Waals surface area (Å²) in [4.78, 5) is 30.8. The highest BCUT2D eigenvalue weighted by Gasteiger charge is 2.35. The van der Waals surface area contributed by atoms with Crippen molar-refractivity contribution in [2.75, 3.05) is 32.8 Å². The molecule has 1 atom stereocenters. The molecule has 6 nitrogen and oxygen atoms in total. The van der Waals surface area contributed by atoms with E-state index in [-0.39, 0.29) is 24.5 Å². The molecule has 1 aromatic carbocycles. The summed E-state index contributed by atoms with van der Waals surface area (Å²) in [6.07, 6.45) is 3.13. The van der Waals surface area contributed by atoms with E-state index in [2.05, 4.69) is 16.8 Å². The minimum Gasteiger partial charge on any atom is -0.491 e. The first-order chi connectivity index (χ1) is 15.1. The summed E-state index contributed by atoms with van der Waals surface area (Å²) in [5.41, 5.74) is 2.25. The number of nitrogens with zero attached hydrogens (tertiary/aromatic N) is 2. The van der Waals surface area contributed by atoms with E-state index in [0.717, 1.165) is 30.6 Å². The predicted molar refractivity (Wildman–Crippen MR) is 123 cm³/mol. The van der Waals surface area contributed by atoms with Crippen LogP contribution in [-0.4, -0.2) is 54.5 Å². The number of nitrogens with one attached hydrogen (secondary N) is 1. The van der Waals surface area contributed by atoms with Crippen LogP contribution < -0.4 is 10.1 Å². The fourth-order valence-electron chi connectivity index (χ4n) is 4.11. The van der Waals surface area contributed by atoms with Gasteiger partial charge in [-0.3, -0.25) is 4.79 Å². The van der Waals surface area contributed by atoms with Crippen LogP contribution in [-0.2, 0) is 11.2 Å². The standard InChI is InChI=1S/C24H31N3O3S/c1-3-25-24(29)26(14-18-8-9-18)15-23(28)27-12-10-22-19(11-13-31-22)20(27)16-30-21-7-5-4-6-17(21)2/h4-7,11,13,18,20H,3,8-10,12,14-16H2,1-2H3,(H,25,29)/t20-/m1/s1. The number of benzene rings is 1. The third kappa shape index (κ3) is 5.21. The zero-order chi connectivity index (χ0) is 21.8. The third-order valence-electron chi connectivity index (χ3n) is 6.02. The van der Waals surface area contributed by atoms with Gasteiger partial charge in [0.25, 0.3) is 0 Å². The Morgan fingerprint density at radius 3 is 2.81 bits per heavy atom. The lowest BCUT2D eigenvalue weighted by atomic mass is 10.0. The van der Waals surface area contributed by atoms with Crippen molar-refractivity contribution in [2.45, 2.75) is 39.2 Å². The maximum atomic E-state index is 13.4. The molecule has 2 aliphatic rings. The Balaban J connectivity index is 1.49. The van der Waals surface area contributed by atoms with Crippen LogP contribution >= 0.6 is 11.3 Å². The van der Waals surface area contributed by atoms with Crippen LogP contribution in [0, 0.1) is 12.8 Å². The number of hydrogen-bond acceptors (Lipinski definition) is 4. The number of urea groups is 1. The molecule has 4 rings (SSSR count). The Morgan fingerprint density at radius 2 is 2.06 bits per heavy atom. The molecule has 1 aliphatic heterocycles. The highest BCUT2D eigenvalue weighted by molar-refractivity contribution is 7.10. The van der Waals surface area contributed by atoms with Gasteiger partial charge in [-0.2, -0.15) is 0 Å². The smallest absolute Gasteiger partial charge is 0.317 e. The lowest BCUT2D eigenvalue weighted by molar-refractivity contribution is -0.135. The summed E-state index contributed by atoms with van der Waals surface area (Å²) < 4.78 is 6.17. The number of amides is 3. The summed E-state index contributed by atoms with van der Waals surface area (Å²) in [5, 5.41) is 4.95. The van der Waals surface area contributed by atoms with E-state index in [1.165, 1.54) is 10.4 Å². The van der Waals surface area contributed by atoms with Gasteiger partial charge in [0.05, 0.1) is 6.04 Å². The number of aryl methyl sites for hydroxylation is 1. The van der Waals surface area contributed by atoms with Gasteiger partial charge in [0.2, 0.25) is 5.91 Å². The first-order valence-electron chi connectivity index (χ1n) is 11.1. The molecule has 2 aromatic rings. The minimum absolute atomic E-state index is 0.0119. The Kier molecular flexibility index (Phi) is 6.80. The number of para-hydroxylation sites is 1. The first kappa shape index (κ1) is 21.7. The van der Waals surface area contributed by atoms with Gasteiger partial charge in [0.1, 0.15) is 18.9 Å². The molecule has 0 unspecified atom stereocenters. The molecular weight excluding hydrogens is 410 g/mol. The fraction of sp³-hybridized carbons (Fsp3) is 0.500. The summed E-state index contributed by atoms with van der Waals surface area (Å²) >= 11 is 1.74. The molecule has 1 N–H and O–H groups in total. The summed E-state index contributed by atoms with van der Waals surface area (Å²) in [6, 6.07) is 9.76. The van der Waals surface area contributed by atoms with E-state index >= 15 is 0 Å². The summed E-state index contributed by atoms with van der Waals surface area (Å²) in [6.45, 7) is 6.31. The average Bonchev–Trinajstić information content (AvgIpc) is 3.45. The fourth-order valence-corrected chi connectivity index (χ4v) is 5.04. The Bertz CT molecular complexity index is 924. The second-order valence-electron chi connectivity index (χ2n) is 8.39. The van der Waals surface area contributed by atoms with Crippen LogP contribution in [0.25, 0.3) is 0 Å². The lowest BCUT2D eigenvalue weighted by Gasteiger charge is -2.37. The van der Waals surface area contributed by atoms with Gasteiger partial charge in [0.15, 0.2) is 0 Å². The molecule has 1 fully saturated rings. The number of fused-ring (bicyclic) bond motifs is 1. The molecule has 1 aromatic heterocycles. The monoisotopic (exact) mass is 441 g/mol. The Labute approximate surface area is 188 Å². The van der Waals surface area contributed by atoms with E-state index < -0.39 is 0 Å². The highest BCUT2D eigenvalue weighted by atomic mass is 32.1. The van der Waals surface area contributed by atoms with E-state index in [9.17, 15) is 9.59 Å². The molecule has 1 saturated carbocycles. The highest BCUT2D eigenvalue weighted by Crippen LogP contribution is 2.35.